The van der Waals surface area contributed by atoms with Crippen LogP contribution in [0.3, 0.4) is 0 Å². The number of aliphatic hydroxyl groups is 1. The molecule has 38 heavy (non-hydrogen) atoms. The van der Waals surface area contributed by atoms with Crippen LogP contribution in [0.2, 0.25) is 0 Å². The van der Waals surface area contributed by atoms with Crippen LogP contribution in [-0.2, 0) is 17.6 Å². The monoisotopic (exact) mass is 531 g/mol. The molecule has 0 fully saturated rings. The average Bonchev–Trinajstić information content (AvgIpc) is 2.91. The largest absolute Gasteiger partial charge is 0.417 e. The minimum atomic E-state index is -4.69. The third-order valence-electron chi connectivity index (χ3n) is 5.26. The predicted octanol–water partition coefficient (Wildman–Crippen LogP) is 4.59. The van der Waals surface area contributed by atoms with E-state index in [-0.39, 0.29) is 42.2 Å². The van der Waals surface area contributed by atoms with E-state index in [1.165, 1.54) is 24.3 Å². The number of rotatable bonds is 8. The molecule has 12 heteroatoms. The maximum atomic E-state index is 14.4. The number of hydrogen-bond acceptors (Lipinski definition) is 8. The Morgan fingerprint density at radius 2 is 1.92 bits per heavy atom. The molecule has 4 aromatic rings. The van der Waals surface area contributed by atoms with Gasteiger partial charge in [0, 0.05) is 47.9 Å². The molecule has 4 rings (SSSR count). The van der Waals surface area contributed by atoms with Crippen molar-refractivity contribution >= 4 is 28.7 Å². The standard InChI is InChI=1S/C23H16F4N4O.C3H9NO2/c24-18-10-21-13(2-1-7-29-21)8-16(18)11-30-22-19(28)5-6-20(31-22)14-3-4-15(12-32)17(9-14)23(25,26)27;1-4-6-3-2-5/h1-10,12H,11,28H2,(H,30,31);4-5H,2-3H2,1H3. The van der Waals surface area contributed by atoms with Crippen molar-refractivity contribution in [3.63, 3.8) is 0 Å². The fourth-order valence-electron chi connectivity index (χ4n) is 3.44. The van der Waals surface area contributed by atoms with Crippen LogP contribution in [0.5, 0.6) is 0 Å². The zero-order valence-electron chi connectivity index (χ0n) is 20.2. The fraction of sp³-hybridized carbons (Fsp3) is 0.192. The number of nitrogens with two attached hydrogens (primary N) is 1. The van der Waals surface area contributed by atoms with Crippen molar-refractivity contribution in [2.75, 3.05) is 31.3 Å². The van der Waals surface area contributed by atoms with E-state index in [0.29, 0.717) is 17.7 Å². The number of hydrogen-bond donors (Lipinski definition) is 4. The number of nitrogens with zero attached hydrogens (tertiary/aromatic N) is 2. The first-order valence-corrected chi connectivity index (χ1v) is 11.3. The van der Waals surface area contributed by atoms with Gasteiger partial charge in [-0.2, -0.15) is 13.2 Å². The Morgan fingerprint density at radius 1 is 1.13 bits per heavy atom. The van der Waals surface area contributed by atoms with E-state index in [4.69, 9.17) is 10.8 Å². The molecule has 0 spiro atoms. The number of carbonyl (C=O) groups is 1. The first-order valence-electron chi connectivity index (χ1n) is 11.3. The Bertz CT molecular complexity index is 1400. The van der Waals surface area contributed by atoms with Crippen molar-refractivity contribution in [3.05, 3.63) is 83.3 Å². The zero-order chi connectivity index (χ0) is 27.7. The number of nitrogen functional groups attached to an aromatic ring is 1. The Labute approximate surface area is 215 Å². The summed E-state index contributed by atoms with van der Waals surface area (Å²) < 4.78 is 54.3. The minimum Gasteiger partial charge on any atom is -0.396 e. The van der Waals surface area contributed by atoms with Gasteiger partial charge in [-0.25, -0.2) is 14.9 Å². The fourth-order valence-corrected chi connectivity index (χ4v) is 3.44. The number of alkyl halides is 3. The zero-order valence-corrected chi connectivity index (χ0v) is 20.2. The molecule has 2 aromatic carbocycles. The van der Waals surface area contributed by atoms with Crippen molar-refractivity contribution in [2.45, 2.75) is 12.7 Å². The molecule has 0 saturated heterocycles. The van der Waals surface area contributed by atoms with E-state index in [1.54, 1.807) is 31.4 Å². The molecule has 0 atom stereocenters. The van der Waals surface area contributed by atoms with Gasteiger partial charge in [0.25, 0.3) is 0 Å². The smallest absolute Gasteiger partial charge is 0.396 e. The summed E-state index contributed by atoms with van der Waals surface area (Å²) in [7, 11) is 1.65. The second kappa shape index (κ2) is 12.9. The van der Waals surface area contributed by atoms with Crippen LogP contribution in [0.15, 0.2) is 60.8 Å². The molecule has 0 radical (unpaired) electrons. The van der Waals surface area contributed by atoms with Crippen molar-refractivity contribution in [1.29, 1.82) is 0 Å². The molecule has 2 aromatic heterocycles. The summed E-state index contributed by atoms with van der Waals surface area (Å²) in [5, 5.41) is 11.7. The number of carbonyl (C=O) groups excluding carboxylic acids is 1. The lowest BCUT2D eigenvalue weighted by Gasteiger charge is -2.14. The molecule has 0 unspecified atom stereocenters. The van der Waals surface area contributed by atoms with Gasteiger partial charge in [0.05, 0.1) is 35.7 Å². The Hall–Kier alpha value is -4.13. The number of aldehydes is 1. The highest BCUT2D eigenvalue weighted by Gasteiger charge is 2.33. The predicted molar refractivity (Wildman–Crippen MR) is 136 cm³/mol. The first kappa shape index (κ1) is 28.4. The van der Waals surface area contributed by atoms with Crippen molar-refractivity contribution < 1.29 is 32.3 Å². The number of pyridine rings is 2. The van der Waals surface area contributed by atoms with Gasteiger partial charge in [-0.3, -0.25) is 14.6 Å². The average molecular weight is 532 g/mol. The summed E-state index contributed by atoms with van der Waals surface area (Å²) in [5.41, 5.74) is 8.34. The van der Waals surface area contributed by atoms with Crippen LogP contribution >= 0.6 is 0 Å². The second-order valence-corrected chi connectivity index (χ2v) is 7.82. The molecule has 0 bridgehead atoms. The van der Waals surface area contributed by atoms with Crippen molar-refractivity contribution in [3.8, 4) is 11.3 Å². The third kappa shape index (κ3) is 7.22. The summed E-state index contributed by atoms with van der Waals surface area (Å²) in [6.45, 7) is 0.479. The number of anilines is 2. The van der Waals surface area contributed by atoms with E-state index >= 15 is 0 Å². The molecule has 0 amide bonds. The summed E-state index contributed by atoms with van der Waals surface area (Å²) in [5.74, 6) is -0.265. The van der Waals surface area contributed by atoms with Crippen LogP contribution in [0, 0.1) is 5.82 Å². The molecule has 2 heterocycles. The Balaban J connectivity index is 0.000000599. The number of benzene rings is 2. The number of aromatic nitrogens is 2. The number of halogens is 4. The number of fused-ring (bicyclic) bond motifs is 1. The molecular formula is C26H25F4N5O3. The van der Waals surface area contributed by atoms with Crippen LogP contribution in [0.1, 0.15) is 21.5 Å². The Morgan fingerprint density at radius 3 is 2.58 bits per heavy atom. The van der Waals surface area contributed by atoms with E-state index in [2.05, 4.69) is 25.6 Å². The van der Waals surface area contributed by atoms with E-state index in [1.807, 2.05) is 0 Å². The molecule has 0 aliphatic rings. The first-order chi connectivity index (χ1) is 18.2. The van der Waals surface area contributed by atoms with Gasteiger partial charge in [0.1, 0.15) is 11.6 Å². The summed E-state index contributed by atoms with van der Waals surface area (Å²) in [6, 6.07) is 12.8. The van der Waals surface area contributed by atoms with E-state index < -0.39 is 23.1 Å². The molecule has 0 aliphatic carbocycles. The summed E-state index contributed by atoms with van der Waals surface area (Å²) in [6.07, 6.45) is -2.96. The van der Waals surface area contributed by atoms with Gasteiger partial charge in [-0.1, -0.05) is 18.2 Å². The molecule has 5 N–H and O–H groups in total. The number of hydroxylamine groups is 1. The molecule has 0 aliphatic heterocycles. The quantitative estimate of drug-likeness (QED) is 0.113. The highest BCUT2D eigenvalue weighted by molar-refractivity contribution is 5.81. The summed E-state index contributed by atoms with van der Waals surface area (Å²) in [4.78, 5) is 23.9. The molecular weight excluding hydrogens is 506 g/mol. The molecule has 200 valence electrons. The van der Waals surface area contributed by atoms with Gasteiger partial charge in [0.15, 0.2) is 6.29 Å². The van der Waals surface area contributed by atoms with Gasteiger partial charge in [-0.05, 0) is 30.3 Å². The minimum absolute atomic E-state index is 0.0508. The SMILES string of the molecule is CNOCCO.Nc1ccc(-c2ccc(C=O)c(C(F)(F)F)c2)nc1NCc1cc2cccnc2cc1F. The van der Waals surface area contributed by atoms with Crippen LogP contribution in [0.4, 0.5) is 29.1 Å². The van der Waals surface area contributed by atoms with Gasteiger partial charge in [0.2, 0.25) is 0 Å². The highest BCUT2D eigenvalue weighted by Crippen LogP contribution is 2.34. The van der Waals surface area contributed by atoms with Crippen molar-refractivity contribution in [1.82, 2.24) is 15.4 Å². The third-order valence-corrected chi connectivity index (χ3v) is 5.26. The van der Waals surface area contributed by atoms with Crippen LogP contribution < -0.4 is 16.5 Å². The van der Waals surface area contributed by atoms with Crippen LogP contribution in [-0.4, -0.2) is 41.6 Å². The van der Waals surface area contributed by atoms with E-state index in [9.17, 15) is 22.4 Å². The lowest BCUT2D eigenvalue weighted by molar-refractivity contribution is -0.137. The molecule has 8 nitrogen and oxygen atoms in total. The molecule has 0 saturated carbocycles. The Kier molecular flexibility index (Phi) is 9.66. The normalized spacial score (nSPS) is 11.1. The summed E-state index contributed by atoms with van der Waals surface area (Å²) >= 11 is 0. The van der Waals surface area contributed by atoms with Gasteiger partial charge >= 0.3 is 6.18 Å². The van der Waals surface area contributed by atoms with Gasteiger partial charge < -0.3 is 16.2 Å². The van der Waals surface area contributed by atoms with Crippen molar-refractivity contribution in [2.24, 2.45) is 0 Å². The van der Waals surface area contributed by atoms with Gasteiger partial charge in [-0.15, -0.1) is 0 Å². The highest BCUT2D eigenvalue weighted by atomic mass is 19.4. The lowest BCUT2D eigenvalue weighted by Crippen LogP contribution is -2.10. The maximum absolute atomic E-state index is 14.4. The number of aliphatic hydroxyl groups excluding tert-OH is 1. The topological polar surface area (TPSA) is 122 Å². The number of nitrogens with one attached hydrogen (secondary N) is 2. The maximum Gasteiger partial charge on any atom is 0.417 e. The lowest BCUT2D eigenvalue weighted by atomic mass is 10.0. The van der Waals surface area contributed by atoms with Crippen LogP contribution in [0.25, 0.3) is 22.2 Å². The van der Waals surface area contributed by atoms with E-state index in [0.717, 1.165) is 17.5 Å². The second-order valence-electron chi connectivity index (χ2n) is 7.82.